The molecule has 4 rings (SSSR count). The van der Waals surface area contributed by atoms with E-state index in [-0.39, 0.29) is 0 Å². The number of fused-ring (bicyclic) bond motifs is 1. The van der Waals surface area contributed by atoms with Crippen LogP contribution < -0.4 is 5.32 Å². The van der Waals surface area contributed by atoms with Crippen LogP contribution in [-0.4, -0.2) is 20.1 Å². The van der Waals surface area contributed by atoms with E-state index >= 15 is 0 Å². The topological polar surface area (TPSA) is 76.7 Å². The van der Waals surface area contributed by atoms with Gasteiger partial charge in [0.25, 0.3) is 0 Å². The first-order valence-electron chi connectivity index (χ1n) is 9.10. The molecule has 0 amide bonds. The van der Waals surface area contributed by atoms with Crippen molar-refractivity contribution in [1.29, 1.82) is 0 Å². The van der Waals surface area contributed by atoms with E-state index in [0.29, 0.717) is 18.3 Å². The van der Waals surface area contributed by atoms with Gasteiger partial charge in [0.1, 0.15) is 5.82 Å². The Morgan fingerprint density at radius 3 is 2.70 bits per heavy atom. The van der Waals surface area contributed by atoms with Crippen molar-refractivity contribution in [2.45, 2.75) is 33.2 Å². The molecule has 0 bridgehead atoms. The van der Waals surface area contributed by atoms with Crippen LogP contribution in [0.5, 0.6) is 0 Å². The van der Waals surface area contributed by atoms with E-state index in [9.17, 15) is 0 Å². The molecular weight excluding hydrogens is 338 g/mol. The fourth-order valence-electron chi connectivity index (χ4n) is 2.97. The number of anilines is 1. The molecular formula is C21H21N5O. The first-order chi connectivity index (χ1) is 13.2. The molecule has 0 atom stereocenters. The van der Waals surface area contributed by atoms with Gasteiger partial charge < -0.3 is 9.84 Å². The molecule has 6 heteroatoms. The van der Waals surface area contributed by atoms with Gasteiger partial charge in [-0.05, 0) is 49.2 Å². The normalized spacial score (nSPS) is 11.0. The van der Waals surface area contributed by atoms with Crippen molar-refractivity contribution in [1.82, 2.24) is 20.1 Å². The third-order valence-electron chi connectivity index (χ3n) is 4.35. The van der Waals surface area contributed by atoms with Crippen molar-refractivity contribution in [2.24, 2.45) is 0 Å². The fraction of sp³-hybridized carbons (Fsp3) is 0.238. The Balaban J connectivity index is 1.75. The van der Waals surface area contributed by atoms with Crippen LogP contribution in [0.1, 0.15) is 30.4 Å². The summed E-state index contributed by atoms with van der Waals surface area (Å²) in [4.78, 5) is 13.4. The van der Waals surface area contributed by atoms with Crippen molar-refractivity contribution >= 4 is 16.7 Å². The molecule has 1 N–H and O–H groups in total. The monoisotopic (exact) mass is 359 g/mol. The van der Waals surface area contributed by atoms with Gasteiger partial charge in [0.05, 0.1) is 11.1 Å². The van der Waals surface area contributed by atoms with Crippen molar-refractivity contribution in [2.75, 3.05) is 5.32 Å². The highest BCUT2D eigenvalue weighted by Gasteiger charge is 2.15. The van der Waals surface area contributed by atoms with Crippen LogP contribution in [-0.2, 0) is 13.0 Å². The zero-order valence-corrected chi connectivity index (χ0v) is 15.4. The molecule has 0 fully saturated rings. The Kier molecular flexibility index (Phi) is 4.78. The summed E-state index contributed by atoms with van der Waals surface area (Å²) in [6, 6.07) is 12.2. The average molecular weight is 359 g/mol. The van der Waals surface area contributed by atoms with Crippen molar-refractivity contribution < 1.29 is 4.52 Å². The zero-order chi connectivity index (χ0) is 18.6. The number of nitrogens with one attached hydrogen (secondary N) is 1. The summed E-state index contributed by atoms with van der Waals surface area (Å²) in [5.74, 6) is 1.95. The predicted octanol–water partition coefficient (Wildman–Crippen LogP) is 4.55. The number of hydrogen-bond donors (Lipinski definition) is 1. The van der Waals surface area contributed by atoms with E-state index in [1.165, 1.54) is 5.56 Å². The Bertz CT molecular complexity index is 1060. The van der Waals surface area contributed by atoms with Gasteiger partial charge >= 0.3 is 0 Å². The van der Waals surface area contributed by atoms with Crippen LogP contribution >= 0.6 is 0 Å². The van der Waals surface area contributed by atoms with Gasteiger partial charge in [-0.25, -0.2) is 4.98 Å². The lowest BCUT2D eigenvalue weighted by atomic mass is 10.1. The molecule has 0 spiro atoms. The lowest BCUT2D eigenvalue weighted by Crippen LogP contribution is -2.04. The van der Waals surface area contributed by atoms with Gasteiger partial charge in [0, 0.05) is 30.7 Å². The third kappa shape index (κ3) is 3.79. The highest BCUT2D eigenvalue weighted by molar-refractivity contribution is 5.88. The Hall–Kier alpha value is -3.28. The molecule has 0 saturated carbocycles. The highest BCUT2D eigenvalue weighted by atomic mass is 16.5. The molecule has 3 heterocycles. The summed E-state index contributed by atoms with van der Waals surface area (Å²) in [7, 11) is 0. The largest absolute Gasteiger partial charge is 0.365 e. The van der Waals surface area contributed by atoms with Gasteiger partial charge in [-0.15, -0.1) is 0 Å². The van der Waals surface area contributed by atoms with E-state index in [1.807, 2.05) is 18.2 Å². The summed E-state index contributed by atoms with van der Waals surface area (Å²) in [5.41, 5.74) is 4.08. The van der Waals surface area contributed by atoms with Crippen molar-refractivity contribution in [3.63, 3.8) is 0 Å². The predicted molar refractivity (Wildman–Crippen MR) is 105 cm³/mol. The number of rotatable bonds is 6. The van der Waals surface area contributed by atoms with Gasteiger partial charge in [-0.3, -0.25) is 4.98 Å². The lowest BCUT2D eigenvalue weighted by Gasteiger charge is -2.11. The van der Waals surface area contributed by atoms with Crippen molar-refractivity contribution in [3.05, 3.63) is 65.8 Å². The van der Waals surface area contributed by atoms with E-state index < -0.39 is 0 Å². The molecule has 27 heavy (non-hydrogen) atoms. The molecule has 0 aliphatic rings. The first-order valence-corrected chi connectivity index (χ1v) is 9.10. The van der Waals surface area contributed by atoms with Gasteiger partial charge in [-0.2, -0.15) is 4.98 Å². The SMILES string of the molecule is CCCc1nc(-c2cc3cc(C)ccc3nc2NCc2ccncc2)no1. The van der Waals surface area contributed by atoms with Crippen LogP contribution in [0.2, 0.25) is 0 Å². The van der Waals surface area contributed by atoms with E-state index in [4.69, 9.17) is 9.51 Å². The van der Waals surface area contributed by atoms with Crippen LogP contribution in [0.25, 0.3) is 22.3 Å². The summed E-state index contributed by atoms with van der Waals surface area (Å²) in [5, 5.41) is 8.65. The average Bonchev–Trinajstić information content (AvgIpc) is 3.15. The molecule has 0 radical (unpaired) electrons. The van der Waals surface area contributed by atoms with E-state index in [1.54, 1.807) is 12.4 Å². The molecule has 0 aliphatic carbocycles. The molecule has 6 nitrogen and oxygen atoms in total. The maximum Gasteiger partial charge on any atom is 0.226 e. The maximum atomic E-state index is 5.39. The second kappa shape index (κ2) is 7.53. The third-order valence-corrected chi connectivity index (χ3v) is 4.35. The van der Waals surface area contributed by atoms with Crippen LogP contribution in [0.15, 0.2) is 53.3 Å². The second-order valence-electron chi connectivity index (χ2n) is 6.55. The quantitative estimate of drug-likeness (QED) is 0.544. The van der Waals surface area contributed by atoms with Gasteiger partial charge in [0.15, 0.2) is 0 Å². The number of pyridine rings is 2. The van der Waals surface area contributed by atoms with Crippen LogP contribution in [0.3, 0.4) is 0 Å². The Morgan fingerprint density at radius 2 is 1.89 bits per heavy atom. The molecule has 136 valence electrons. The molecule has 0 unspecified atom stereocenters. The number of aryl methyl sites for hydroxylation is 2. The Morgan fingerprint density at radius 1 is 1.04 bits per heavy atom. The summed E-state index contributed by atoms with van der Waals surface area (Å²) in [6.45, 7) is 4.80. The first kappa shape index (κ1) is 17.1. The maximum absolute atomic E-state index is 5.39. The smallest absolute Gasteiger partial charge is 0.226 e. The minimum Gasteiger partial charge on any atom is -0.365 e. The summed E-state index contributed by atoms with van der Waals surface area (Å²) in [6.07, 6.45) is 5.30. The standard InChI is InChI=1S/C21H21N5O/c1-3-4-19-25-21(26-27-19)17-12-16-11-14(2)5-6-18(16)24-20(17)23-13-15-7-9-22-10-8-15/h5-12H,3-4,13H2,1-2H3,(H,23,24). The second-order valence-corrected chi connectivity index (χ2v) is 6.55. The van der Waals surface area contributed by atoms with Gasteiger partial charge in [-0.1, -0.05) is 23.7 Å². The van der Waals surface area contributed by atoms with Crippen LogP contribution in [0.4, 0.5) is 5.82 Å². The number of benzene rings is 1. The number of aromatic nitrogens is 4. The summed E-state index contributed by atoms with van der Waals surface area (Å²) >= 11 is 0. The fourth-order valence-corrected chi connectivity index (χ4v) is 2.97. The highest BCUT2D eigenvalue weighted by Crippen LogP contribution is 2.29. The minimum atomic E-state index is 0.562. The molecule has 0 saturated heterocycles. The summed E-state index contributed by atoms with van der Waals surface area (Å²) < 4.78 is 5.39. The molecule has 4 aromatic rings. The molecule has 3 aromatic heterocycles. The lowest BCUT2D eigenvalue weighted by molar-refractivity contribution is 0.378. The van der Waals surface area contributed by atoms with E-state index in [0.717, 1.165) is 40.7 Å². The Labute approximate surface area is 157 Å². The zero-order valence-electron chi connectivity index (χ0n) is 15.4. The molecule has 0 aliphatic heterocycles. The van der Waals surface area contributed by atoms with Gasteiger partial charge in [0.2, 0.25) is 11.7 Å². The van der Waals surface area contributed by atoms with Crippen LogP contribution in [0, 0.1) is 6.92 Å². The molecule has 1 aromatic carbocycles. The number of hydrogen-bond acceptors (Lipinski definition) is 6. The minimum absolute atomic E-state index is 0.562. The van der Waals surface area contributed by atoms with E-state index in [2.05, 4.69) is 52.5 Å². The number of nitrogens with zero attached hydrogens (tertiary/aromatic N) is 4. The van der Waals surface area contributed by atoms with Crippen molar-refractivity contribution in [3.8, 4) is 11.4 Å².